The van der Waals surface area contributed by atoms with Crippen LogP contribution in [0, 0.1) is 5.92 Å². The fourth-order valence-corrected chi connectivity index (χ4v) is 3.49. The summed E-state index contributed by atoms with van der Waals surface area (Å²) in [6.07, 6.45) is 5.80. The number of imidazole rings is 1. The summed E-state index contributed by atoms with van der Waals surface area (Å²) in [5.74, 6) is 2.11. The second kappa shape index (κ2) is 7.97. The minimum Gasteiger partial charge on any atom is -0.340 e. The van der Waals surface area contributed by atoms with Gasteiger partial charge >= 0.3 is 0 Å². The molecule has 5 nitrogen and oxygen atoms in total. The predicted molar refractivity (Wildman–Crippen MR) is 95.6 cm³/mol. The van der Waals surface area contributed by atoms with Crippen LogP contribution < -0.4 is 10.6 Å². The molecule has 1 aliphatic heterocycles. The van der Waals surface area contributed by atoms with E-state index in [0.717, 1.165) is 23.8 Å². The SMILES string of the molecule is CC(C)=CCC[C@@H](C)CCSc1nc2c([nH]1)C(=O)NC(S)N2. The molecule has 3 N–H and O–H groups in total. The van der Waals surface area contributed by atoms with Gasteiger partial charge in [-0.1, -0.05) is 30.3 Å². The average molecular weight is 341 g/mol. The lowest BCUT2D eigenvalue weighted by Gasteiger charge is -2.19. The van der Waals surface area contributed by atoms with Crippen LogP contribution in [0.2, 0.25) is 0 Å². The fourth-order valence-electron chi connectivity index (χ4n) is 2.21. The zero-order valence-electron chi connectivity index (χ0n) is 13.3. The number of allylic oxidation sites excluding steroid dienone is 2. The maximum absolute atomic E-state index is 11.8. The van der Waals surface area contributed by atoms with Gasteiger partial charge in [-0.3, -0.25) is 4.79 Å². The minimum absolute atomic E-state index is 0.164. The fraction of sp³-hybridized carbons (Fsp3) is 0.600. The number of carbonyl (C=O) groups excluding carboxylic acids is 1. The number of amides is 1. The molecular formula is C15H24N4OS2. The van der Waals surface area contributed by atoms with Crippen LogP contribution in [-0.2, 0) is 0 Å². The highest BCUT2D eigenvalue weighted by atomic mass is 32.2. The van der Waals surface area contributed by atoms with Crippen molar-refractivity contribution in [3.05, 3.63) is 17.3 Å². The molecule has 1 unspecified atom stereocenters. The summed E-state index contributed by atoms with van der Waals surface area (Å²) in [5.41, 5.74) is 1.50. The highest BCUT2D eigenvalue weighted by molar-refractivity contribution is 7.99. The molecule has 2 heterocycles. The van der Waals surface area contributed by atoms with Crippen LogP contribution in [0.5, 0.6) is 0 Å². The number of H-pyrrole nitrogens is 1. The summed E-state index contributed by atoms with van der Waals surface area (Å²) in [6.45, 7) is 6.56. The zero-order valence-corrected chi connectivity index (χ0v) is 15.0. The van der Waals surface area contributed by atoms with Crippen LogP contribution in [0.3, 0.4) is 0 Å². The van der Waals surface area contributed by atoms with Gasteiger partial charge in [0.2, 0.25) is 0 Å². The molecule has 1 aromatic rings. The topological polar surface area (TPSA) is 69.8 Å². The first kappa shape index (κ1) is 17.3. The standard InChI is InChI=1S/C15H24N4OS2/c1-9(2)5-4-6-10(3)7-8-22-15-16-11-12(18-15)17-14(21)19-13(11)20/h5,10,14,17,21H,4,6-8H2,1-3H3,(H,16,18)(H,19,20)/t10-,14?/m1/s1. The summed E-state index contributed by atoms with van der Waals surface area (Å²) in [6, 6.07) is 0. The number of rotatable bonds is 7. The molecule has 0 radical (unpaired) electrons. The molecule has 0 bridgehead atoms. The third-order valence-corrected chi connectivity index (χ3v) is 4.68. The van der Waals surface area contributed by atoms with Gasteiger partial charge in [0, 0.05) is 5.75 Å². The van der Waals surface area contributed by atoms with Gasteiger partial charge in [0.15, 0.2) is 11.0 Å². The molecule has 2 atom stereocenters. The lowest BCUT2D eigenvalue weighted by Crippen LogP contribution is -2.41. The molecule has 1 amide bonds. The van der Waals surface area contributed by atoms with E-state index >= 15 is 0 Å². The Labute approximate surface area is 141 Å². The van der Waals surface area contributed by atoms with Crippen molar-refractivity contribution in [2.75, 3.05) is 11.1 Å². The van der Waals surface area contributed by atoms with Gasteiger partial charge in [0.05, 0.1) is 0 Å². The van der Waals surface area contributed by atoms with Crippen molar-refractivity contribution in [3.8, 4) is 0 Å². The number of thiol groups is 1. The van der Waals surface area contributed by atoms with E-state index in [0.29, 0.717) is 17.4 Å². The lowest BCUT2D eigenvalue weighted by molar-refractivity contribution is 0.0944. The molecule has 122 valence electrons. The molecule has 2 rings (SSSR count). The first-order chi connectivity index (χ1) is 10.5. The van der Waals surface area contributed by atoms with Crippen molar-refractivity contribution in [3.63, 3.8) is 0 Å². The Kier molecular flexibility index (Phi) is 6.26. The number of anilines is 1. The Balaban J connectivity index is 1.77. The number of nitrogens with zero attached hydrogens (tertiary/aromatic N) is 1. The largest absolute Gasteiger partial charge is 0.340 e. The number of hydrogen-bond donors (Lipinski definition) is 4. The van der Waals surface area contributed by atoms with Crippen molar-refractivity contribution < 1.29 is 4.79 Å². The quantitative estimate of drug-likeness (QED) is 0.347. The molecule has 22 heavy (non-hydrogen) atoms. The molecule has 1 aromatic heterocycles. The van der Waals surface area contributed by atoms with Crippen LogP contribution in [0.4, 0.5) is 5.82 Å². The summed E-state index contributed by atoms with van der Waals surface area (Å²) in [5, 5.41) is 6.49. The van der Waals surface area contributed by atoms with E-state index in [1.807, 2.05) is 0 Å². The average Bonchev–Trinajstić information content (AvgIpc) is 2.81. The Morgan fingerprint density at radius 2 is 2.18 bits per heavy atom. The number of hydrogen-bond acceptors (Lipinski definition) is 5. The van der Waals surface area contributed by atoms with Crippen molar-refractivity contribution in [1.82, 2.24) is 15.3 Å². The maximum atomic E-state index is 11.8. The van der Waals surface area contributed by atoms with Crippen LogP contribution in [0.1, 0.15) is 50.5 Å². The second-order valence-corrected chi connectivity index (χ2v) is 7.49. The molecule has 0 saturated heterocycles. The Morgan fingerprint density at radius 1 is 1.41 bits per heavy atom. The third-order valence-electron chi connectivity index (χ3n) is 3.51. The van der Waals surface area contributed by atoms with Gasteiger partial charge < -0.3 is 15.6 Å². The van der Waals surface area contributed by atoms with E-state index in [-0.39, 0.29) is 11.4 Å². The van der Waals surface area contributed by atoms with Crippen LogP contribution >= 0.6 is 24.4 Å². The number of aromatic nitrogens is 2. The summed E-state index contributed by atoms with van der Waals surface area (Å²) < 4.78 is 0. The van der Waals surface area contributed by atoms with Gasteiger partial charge in [-0.15, -0.1) is 12.6 Å². The monoisotopic (exact) mass is 340 g/mol. The minimum atomic E-state index is -0.378. The maximum Gasteiger partial charge on any atom is 0.273 e. The smallest absolute Gasteiger partial charge is 0.273 e. The number of thioether (sulfide) groups is 1. The van der Waals surface area contributed by atoms with Crippen molar-refractivity contribution >= 4 is 36.1 Å². The Morgan fingerprint density at radius 3 is 2.91 bits per heavy atom. The second-order valence-electron chi connectivity index (χ2n) is 5.89. The van der Waals surface area contributed by atoms with Crippen LogP contribution in [0.15, 0.2) is 16.8 Å². The summed E-state index contributed by atoms with van der Waals surface area (Å²) in [7, 11) is 0. The summed E-state index contributed by atoms with van der Waals surface area (Å²) >= 11 is 5.85. The molecule has 0 aliphatic carbocycles. The van der Waals surface area contributed by atoms with E-state index in [9.17, 15) is 4.79 Å². The van der Waals surface area contributed by atoms with E-state index in [2.05, 4.69) is 60.1 Å². The highest BCUT2D eigenvalue weighted by Gasteiger charge is 2.25. The molecular weight excluding hydrogens is 316 g/mol. The van der Waals surface area contributed by atoms with Crippen molar-refractivity contribution in [2.45, 2.75) is 50.7 Å². The lowest BCUT2D eigenvalue weighted by atomic mass is 10.0. The Bertz CT molecular complexity index is 552. The number of nitrogens with one attached hydrogen (secondary N) is 3. The zero-order chi connectivity index (χ0) is 16.1. The van der Waals surface area contributed by atoms with Crippen molar-refractivity contribution in [1.29, 1.82) is 0 Å². The molecule has 1 aliphatic rings. The molecule has 0 fully saturated rings. The van der Waals surface area contributed by atoms with Gasteiger partial charge in [-0.25, -0.2) is 4.98 Å². The number of aromatic amines is 1. The van der Waals surface area contributed by atoms with E-state index in [4.69, 9.17) is 0 Å². The predicted octanol–water partition coefficient (Wildman–Crippen LogP) is 3.64. The molecule has 7 heteroatoms. The van der Waals surface area contributed by atoms with Crippen molar-refractivity contribution in [2.24, 2.45) is 5.92 Å². The Hall–Kier alpha value is -1.08. The van der Waals surface area contributed by atoms with Crippen LogP contribution in [-0.4, -0.2) is 27.1 Å². The summed E-state index contributed by atoms with van der Waals surface area (Å²) in [4.78, 5) is 19.3. The van der Waals surface area contributed by atoms with Gasteiger partial charge in [0.1, 0.15) is 11.2 Å². The van der Waals surface area contributed by atoms with Gasteiger partial charge in [-0.2, -0.15) is 0 Å². The highest BCUT2D eigenvalue weighted by Crippen LogP contribution is 2.25. The van der Waals surface area contributed by atoms with E-state index in [1.54, 1.807) is 11.8 Å². The number of fused-ring (bicyclic) bond motifs is 1. The molecule has 0 spiro atoms. The third kappa shape index (κ3) is 4.98. The van der Waals surface area contributed by atoms with E-state index < -0.39 is 0 Å². The van der Waals surface area contributed by atoms with Gasteiger partial charge in [0.25, 0.3) is 5.91 Å². The molecule has 0 saturated carbocycles. The number of carbonyl (C=O) groups is 1. The van der Waals surface area contributed by atoms with E-state index in [1.165, 1.54) is 12.0 Å². The van der Waals surface area contributed by atoms with Gasteiger partial charge in [-0.05, 0) is 39.0 Å². The normalized spacial score (nSPS) is 18.2. The van der Waals surface area contributed by atoms with Crippen LogP contribution in [0.25, 0.3) is 0 Å². The molecule has 0 aromatic carbocycles. The first-order valence-corrected chi connectivity index (χ1v) is 9.07. The first-order valence-electron chi connectivity index (χ1n) is 7.57.